The zero-order chi connectivity index (χ0) is 59.9. The monoisotopic (exact) mass is 1160 g/mol. The summed E-state index contributed by atoms with van der Waals surface area (Å²) < 4.78 is 17.0. The van der Waals surface area contributed by atoms with Crippen molar-refractivity contribution in [2.24, 2.45) is 0 Å². The summed E-state index contributed by atoms with van der Waals surface area (Å²) in [6, 6.07) is 0. The summed E-state index contributed by atoms with van der Waals surface area (Å²) in [5.74, 6) is -0.872. The molecule has 0 aliphatic heterocycles. The molecule has 0 saturated heterocycles. The number of allylic oxidation sites excluding steroid dienone is 14. The van der Waals surface area contributed by atoms with Crippen LogP contribution in [0.5, 0.6) is 0 Å². The number of ether oxygens (including phenoxy) is 3. The van der Waals surface area contributed by atoms with Gasteiger partial charge in [0.05, 0.1) is 0 Å². The van der Waals surface area contributed by atoms with Crippen LogP contribution in [0.25, 0.3) is 0 Å². The minimum Gasteiger partial charge on any atom is -0.462 e. The van der Waals surface area contributed by atoms with Crippen LogP contribution in [0.4, 0.5) is 0 Å². The fourth-order valence-corrected chi connectivity index (χ4v) is 10.5. The van der Waals surface area contributed by atoms with Gasteiger partial charge in [-0.05, 0) is 96.3 Å². The van der Waals surface area contributed by atoms with Crippen molar-refractivity contribution in [2.45, 2.75) is 374 Å². The number of rotatable bonds is 66. The molecule has 1 atom stereocenters. The minimum atomic E-state index is -0.784. The van der Waals surface area contributed by atoms with Crippen LogP contribution >= 0.6 is 0 Å². The summed E-state index contributed by atoms with van der Waals surface area (Å²) in [5.41, 5.74) is 0. The molecule has 480 valence electrons. The van der Waals surface area contributed by atoms with Crippen LogP contribution in [0, 0.1) is 0 Å². The van der Waals surface area contributed by atoms with E-state index in [1.807, 2.05) is 0 Å². The second-order valence-electron chi connectivity index (χ2n) is 24.1. The van der Waals surface area contributed by atoms with Crippen molar-refractivity contribution < 1.29 is 28.6 Å². The van der Waals surface area contributed by atoms with Gasteiger partial charge in [-0.3, -0.25) is 14.4 Å². The Morgan fingerprint density at radius 1 is 0.253 bits per heavy atom. The van der Waals surface area contributed by atoms with E-state index in [-0.39, 0.29) is 31.1 Å². The van der Waals surface area contributed by atoms with E-state index < -0.39 is 6.10 Å². The van der Waals surface area contributed by atoms with Crippen LogP contribution in [0.1, 0.15) is 367 Å². The summed E-state index contributed by atoms with van der Waals surface area (Å²) in [4.78, 5) is 38.5. The highest BCUT2D eigenvalue weighted by Crippen LogP contribution is 2.18. The Bertz CT molecular complexity index is 1570. The van der Waals surface area contributed by atoms with E-state index >= 15 is 0 Å². The SMILES string of the molecule is CC/C=C\C/C=C\C/C=C\C/C=C\C/C=C\CCCCCCCCCC(=O)OCC(COC(=O)CCCCCCCCCCC/C=C\C/C=C\CCCCC)OC(=O)CCCCCCCCCCCCCCCCCCCCCCCCC. The van der Waals surface area contributed by atoms with Crippen molar-refractivity contribution in [1.82, 2.24) is 0 Å². The van der Waals surface area contributed by atoms with Gasteiger partial charge in [-0.15, -0.1) is 0 Å². The van der Waals surface area contributed by atoms with E-state index in [9.17, 15) is 14.4 Å². The fraction of sp³-hybridized carbons (Fsp3) is 0.779. The van der Waals surface area contributed by atoms with Crippen molar-refractivity contribution in [1.29, 1.82) is 0 Å². The molecule has 0 aliphatic rings. The van der Waals surface area contributed by atoms with Crippen LogP contribution in [0.2, 0.25) is 0 Å². The fourth-order valence-electron chi connectivity index (χ4n) is 10.5. The third kappa shape index (κ3) is 69.3. The van der Waals surface area contributed by atoms with Crippen LogP contribution in [-0.2, 0) is 28.6 Å². The maximum atomic E-state index is 13.0. The number of esters is 3. The topological polar surface area (TPSA) is 78.9 Å². The van der Waals surface area contributed by atoms with Gasteiger partial charge in [0.15, 0.2) is 6.10 Å². The number of hydrogen-bond acceptors (Lipinski definition) is 6. The molecular formula is C77H136O6. The molecule has 83 heavy (non-hydrogen) atoms. The van der Waals surface area contributed by atoms with Gasteiger partial charge in [-0.25, -0.2) is 0 Å². The Hall–Kier alpha value is -3.41. The zero-order valence-electron chi connectivity index (χ0n) is 55.2. The molecule has 1 unspecified atom stereocenters. The van der Waals surface area contributed by atoms with Gasteiger partial charge in [0.2, 0.25) is 0 Å². The molecule has 0 bridgehead atoms. The summed E-state index contributed by atoms with van der Waals surface area (Å²) in [6.45, 7) is 6.55. The number of carbonyl (C=O) groups excluding carboxylic acids is 3. The summed E-state index contributed by atoms with van der Waals surface area (Å²) in [5, 5.41) is 0. The smallest absolute Gasteiger partial charge is 0.306 e. The molecule has 0 heterocycles. The highest BCUT2D eigenvalue weighted by molar-refractivity contribution is 5.71. The first-order chi connectivity index (χ1) is 41.0. The molecule has 0 amide bonds. The summed E-state index contributed by atoms with van der Waals surface area (Å²) in [7, 11) is 0. The molecule has 0 aromatic rings. The lowest BCUT2D eigenvalue weighted by Crippen LogP contribution is -2.30. The predicted octanol–water partition coefficient (Wildman–Crippen LogP) is 25.0. The Labute approximate surface area is 515 Å². The predicted molar refractivity (Wildman–Crippen MR) is 362 cm³/mol. The molecule has 0 spiro atoms. The Morgan fingerprint density at radius 3 is 0.759 bits per heavy atom. The van der Waals surface area contributed by atoms with E-state index in [1.165, 1.54) is 225 Å². The lowest BCUT2D eigenvalue weighted by molar-refractivity contribution is -0.167. The van der Waals surface area contributed by atoms with Crippen molar-refractivity contribution in [2.75, 3.05) is 13.2 Å². The lowest BCUT2D eigenvalue weighted by Gasteiger charge is -2.18. The molecule has 6 nitrogen and oxygen atoms in total. The molecule has 0 radical (unpaired) electrons. The average molecular weight is 1160 g/mol. The van der Waals surface area contributed by atoms with Crippen molar-refractivity contribution in [3.8, 4) is 0 Å². The second-order valence-corrected chi connectivity index (χ2v) is 24.1. The third-order valence-corrected chi connectivity index (χ3v) is 15.9. The van der Waals surface area contributed by atoms with Gasteiger partial charge in [-0.1, -0.05) is 337 Å². The first-order valence-electron chi connectivity index (χ1n) is 36.1. The third-order valence-electron chi connectivity index (χ3n) is 15.9. The lowest BCUT2D eigenvalue weighted by atomic mass is 10.0. The van der Waals surface area contributed by atoms with Gasteiger partial charge >= 0.3 is 17.9 Å². The zero-order valence-corrected chi connectivity index (χ0v) is 55.2. The summed E-state index contributed by atoms with van der Waals surface area (Å²) in [6.07, 6.45) is 94.6. The normalized spacial score (nSPS) is 12.6. The van der Waals surface area contributed by atoms with Gasteiger partial charge in [-0.2, -0.15) is 0 Å². The Morgan fingerprint density at radius 2 is 0.470 bits per heavy atom. The van der Waals surface area contributed by atoms with Crippen molar-refractivity contribution in [3.05, 3.63) is 85.1 Å². The van der Waals surface area contributed by atoms with Crippen LogP contribution in [-0.4, -0.2) is 37.2 Å². The molecular weight excluding hydrogens is 1020 g/mol. The molecule has 0 rings (SSSR count). The maximum Gasteiger partial charge on any atom is 0.306 e. The van der Waals surface area contributed by atoms with E-state index in [0.717, 1.165) is 103 Å². The molecule has 0 fully saturated rings. The van der Waals surface area contributed by atoms with E-state index in [0.29, 0.717) is 19.3 Å². The standard InChI is InChI=1S/C77H136O6/c1-4-7-10-13-16-19-22-25-28-31-34-36-38-40-43-46-49-52-55-58-61-64-67-70-76(79)82-73-74(72-81-75(78)69-66-63-60-57-54-51-48-45-42-33-30-27-24-21-18-15-12-9-6-3)83-77(80)71-68-65-62-59-56-53-50-47-44-41-39-37-35-32-29-26-23-20-17-14-11-8-5-2/h7,10,16,18-19,21,25,27-28,30,34,36,40,43,74H,4-6,8-9,11-15,17,20,22-24,26,29,31-33,35,37-39,41-42,44-73H2,1-3H3/b10-7-,19-16-,21-18-,28-25-,30-27-,36-34-,43-40-. The molecule has 6 heteroatoms. The maximum absolute atomic E-state index is 13.0. The summed E-state index contributed by atoms with van der Waals surface area (Å²) >= 11 is 0. The largest absolute Gasteiger partial charge is 0.462 e. The van der Waals surface area contributed by atoms with Crippen molar-refractivity contribution in [3.63, 3.8) is 0 Å². The van der Waals surface area contributed by atoms with E-state index in [2.05, 4.69) is 106 Å². The van der Waals surface area contributed by atoms with E-state index in [4.69, 9.17) is 14.2 Å². The van der Waals surface area contributed by atoms with Gasteiger partial charge in [0.25, 0.3) is 0 Å². The minimum absolute atomic E-state index is 0.0791. The van der Waals surface area contributed by atoms with E-state index in [1.54, 1.807) is 0 Å². The van der Waals surface area contributed by atoms with Crippen LogP contribution < -0.4 is 0 Å². The van der Waals surface area contributed by atoms with Crippen LogP contribution in [0.3, 0.4) is 0 Å². The van der Waals surface area contributed by atoms with Crippen LogP contribution in [0.15, 0.2) is 85.1 Å². The molecule has 0 N–H and O–H groups in total. The highest BCUT2D eigenvalue weighted by atomic mass is 16.6. The molecule has 0 aliphatic carbocycles. The van der Waals surface area contributed by atoms with Gasteiger partial charge < -0.3 is 14.2 Å². The van der Waals surface area contributed by atoms with Gasteiger partial charge in [0, 0.05) is 19.3 Å². The van der Waals surface area contributed by atoms with Crippen molar-refractivity contribution >= 4 is 17.9 Å². The first kappa shape index (κ1) is 79.6. The molecule has 0 aromatic carbocycles. The number of hydrogen-bond donors (Lipinski definition) is 0. The quantitative estimate of drug-likeness (QED) is 0.0261. The Kier molecular flexibility index (Phi) is 68.2. The highest BCUT2D eigenvalue weighted by Gasteiger charge is 2.19. The second kappa shape index (κ2) is 71.1. The average Bonchev–Trinajstić information content (AvgIpc) is 3.49. The Balaban J connectivity index is 4.37. The number of unbranched alkanes of at least 4 members (excludes halogenated alkanes) is 41. The molecule has 0 saturated carbocycles. The molecule has 0 aromatic heterocycles. The first-order valence-corrected chi connectivity index (χ1v) is 36.1. The van der Waals surface area contributed by atoms with Gasteiger partial charge in [0.1, 0.15) is 13.2 Å². The number of carbonyl (C=O) groups is 3.